The van der Waals surface area contributed by atoms with Gasteiger partial charge in [-0.05, 0) is 19.1 Å². The summed E-state index contributed by atoms with van der Waals surface area (Å²) in [5.74, 6) is -0.889. The van der Waals surface area contributed by atoms with Crippen molar-refractivity contribution in [3.8, 4) is 5.75 Å². The zero-order valence-electron chi connectivity index (χ0n) is 10.3. The first-order valence-corrected chi connectivity index (χ1v) is 5.34. The normalized spacial score (nSPS) is 9.67. The van der Waals surface area contributed by atoms with Gasteiger partial charge in [-0.2, -0.15) is 0 Å². The Labute approximate surface area is 105 Å². The number of methoxy groups -OCH3 is 1. The number of hydrogen-bond acceptors (Lipinski definition) is 6. The Morgan fingerprint density at radius 1 is 1.33 bits per heavy atom. The van der Waals surface area contributed by atoms with Crippen LogP contribution in [0.1, 0.15) is 17.3 Å². The molecule has 0 fully saturated rings. The molecule has 0 aromatic heterocycles. The molecule has 0 aliphatic carbocycles. The van der Waals surface area contributed by atoms with Crippen LogP contribution in [0.4, 0.5) is 5.69 Å². The molecule has 0 heterocycles. The van der Waals surface area contributed by atoms with Gasteiger partial charge in [0.1, 0.15) is 11.3 Å². The minimum atomic E-state index is -0.561. The molecule has 0 amide bonds. The fourth-order valence-electron chi connectivity index (χ4n) is 1.28. The maximum absolute atomic E-state index is 11.5. The van der Waals surface area contributed by atoms with Crippen molar-refractivity contribution in [2.24, 2.45) is 0 Å². The first-order chi connectivity index (χ1) is 8.58. The molecule has 18 heavy (non-hydrogen) atoms. The van der Waals surface area contributed by atoms with Crippen molar-refractivity contribution in [2.45, 2.75) is 6.92 Å². The van der Waals surface area contributed by atoms with Crippen LogP contribution in [0.2, 0.25) is 0 Å². The van der Waals surface area contributed by atoms with Crippen molar-refractivity contribution < 1.29 is 23.8 Å². The van der Waals surface area contributed by atoms with Crippen LogP contribution >= 0.6 is 0 Å². The molecule has 98 valence electrons. The molecule has 6 nitrogen and oxygen atoms in total. The quantitative estimate of drug-likeness (QED) is 0.622. The standard InChI is InChI=1S/C12H15NO5/c1-3-17-11(14)7-18-10-6-8(13)4-5-9(10)12(15)16-2/h4-6H,3,7,13H2,1-2H3. The summed E-state index contributed by atoms with van der Waals surface area (Å²) in [5, 5.41) is 0. The first-order valence-electron chi connectivity index (χ1n) is 5.34. The number of carbonyl (C=O) groups is 2. The third kappa shape index (κ3) is 3.65. The summed E-state index contributed by atoms with van der Waals surface area (Å²) in [6, 6.07) is 4.47. The highest BCUT2D eigenvalue weighted by atomic mass is 16.6. The zero-order valence-corrected chi connectivity index (χ0v) is 10.3. The van der Waals surface area contributed by atoms with E-state index >= 15 is 0 Å². The highest BCUT2D eigenvalue weighted by molar-refractivity contribution is 5.93. The minimum Gasteiger partial charge on any atom is -0.481 e. The second-order valence-corrected chi connectivity index (χ2v) is 3.34. The van der Waals surface area contributed by atoms with Crippen LogP contribution in [0.25, 0.3) is 0 Å². The number of esters is 2. The molecule has 1 rings (SSSR count). The summed E-state index contributed by atoms with van der Waals surface area (Å²) in [5.41, 5.74) is 6.21. The minimum absolute atomic E-state index is 0.190. The van der Waals surface area contributed by atoms with Gasteiger partial charge in [0.2, 0.25) is 0 Å². The average Bonchev–Trinajstić information content (AvgIpc) is 2.36. The van der Waals surface area contributed by atoms with E-state index in [0.717, 1.165) is 0 Å². The second-order valence-electron chi connectivity index (χ2n) is 3.34. The first kappa shape index (κ1) is 13.8. The number of nitrogens with two attached hydrogens (primary N) is 1. The molecular formula is C12H15NO5. The molecule has 6 heteroatoms. The van der Waals surface area contributed by atoms with Crippen LogP contribution in [0, 0.1) is 0 Å². The fourth-order valence-corrected chi connectivity index (χ4v) is 1.28. The lowest BCUT2D eigenvalue weighted by molar-refractivity contribution is -0.145. The number of carbonyl (C=O) groups excluding carboxylic acids is 2. The Hall–Kier alpha value is -2.24. The van der Waals surface area contributed by atoms with Gasteiger partial charge in [-0.1, -0.05) is 0 Å². The molecule has 0 aliphatic heterocycles. The number of nitrogen functional groups attached to an aromatic ring is 1. The predicted octanol–water partition coefficient (Wildman–Crippen LogP) is 0.997. The van der Waals surface area contributed by atoms with Crippen molar-refractivity contribution in [1.29, 1.82) is 0 Å². The molecule has 0 atom stereocenters. The van der Waals surface area contributed by atoms with E-state index in [4.69, 9.17) is 15.2 Å². The maximum atomic E-state index is 11.5. The molecule has 0 saturated heterocycles. The maximum Gasteiger partial charge on any atom is 0.344 e. The summed E-state index contributed by atoms with van der Waals surface area (Å²) < 4.78 is 14.5. The van der Waals surface area contributed by atoms with Gasteiger partial charge >= 0.3 is 11.9 Å². The zero-order chi connectivity index (χ0) is 13.5. The Kier molecular flexibility index (Phi) is 4.98. The van der Waals surface area contributed by atoms with E-state index in [1.165, 1.54) is 19.2 Å². The molecule has 2 N–H and O–H groups in total. The summed E-state index contributed by atoms with van der Waals surface area (Å²) in [4.78, 5) is 22.6. The Morgan fingerprint density at radius 3 is 2.67 bits per heavy atom. The van der Waals surface area contributed by atoms with E-state index in [1.807, 2.05) is 0 Å². The van der Waals surface area contributed by atoms with Gasteiger partial charge in [0.15, 0.2) is 6.61 Å². The highest BCUT2D eigenvalue weighted by Crippen LogP contribution is 2.22. The number of benzene rings is 1. The molecule has 1 aromatic carbocycles. The highest BCUT2D eigenvalue weighted by Gasteiger charge is 2.14. The van der Waals surface area contributed by atoms with Gasteiger partial charge < -0.3 is 19.9 Å². The SMILES string of the molecule is CCOC(=O)COc1cc(N)ccc1C(=O)OC. The number of hydrogen-bond donors (Lipinski definition) is 1. The third-order valence-corrected chi connectivity index (χ3v) is 2.06. The lowest BCUT2D eigenvalue weighted by Crippen LogP contribution is -2.16. The Balaban J connectivity index is 2.82. The average molecular weight is 253 g/mol. The summed E-state index contributed by atoms with van der Waals surface area (Å²) >= 11 is 0. The van der Waals surface area contributed by atoms with E-state index in [0.29, 0.717) is 5.69 Å². The van der Waals surface area contributed by atoms with Crippen LogP contribution < -0.4 is 10.5 Å². The number of ether oxygens (including phenoxy) is 3. The van der Waals surface area contributed by atoms with Crippen molar-refractivity contribution in [2.75, 3.05) is 26.1 Å². The molecule has 1 aromatic rings. The topological polar surface area (TPSA) is 87.9 Å². The number of anilines is 1. The van der Waals surface area contributed by atoms with Crippen LogP contribution in [-0.2, 0) is 14.3 Å². The molecule has 0 aliphatic rings. The summed E-state index contributed by atoms with van der Waals surface area (Å²) in [6.07, 6.45) is 0. The Morgan fingerprint density at radius 2 is 2.06 bits per heavy atom. The molecular weight excluding hydrogens is 238 g/mol. The van der Waals surface area contributed by atoms with Gasteiger partial charge in [0, 0.05) is 11.8 Å². The van der Waals surface area contributed by atoms with E-state index in [-0.39, 0.29) is 24.5 Å². The van der Waals surface area contributed by atoms with Gasteiger partial charge in [-0.15, -0.1) is 0 Å². The molecule has 0 unspecified atom stereocenters. The molecule has 0 saturated carbocycles. The van der Waals surface area contributed by atoms with Crippen LogP contribution in [0.5, 0.6) is 5.75 Å². The smallest absolute Gasteiger partial charge is 0.344 e. The van der Waals surface area contributed by atoms with Crippen molar-refractivity contribution in [3.05, 3.63) is 23.8 Å². The van der Waals surface area contributed by atoms with E-state index in [1.54, 1.807) is 13.0 Å². The fraction of sp³-hybridized carbons (Fsp3) is 0.333. The third-order valence-electron chi connectivity index (χ3n) is 2.06. The van der Waals surface area contributed by atoms with Crippen LogP contribution in [0.15, 0.2) is 18.2 Å². The van der Waals surface area contributed by atoms with Crippen molar-refractivity contribution in [1.82, 2.24) is 0 Å². The van der Waals surface area contributed by atoms with Gasteiger partial charge in [0.05, 0.1) is 13.7 Å². The summed E-state index contributed by atoms with van der Waals surface area (Å²) in [6.45, 7) is 1.67. The van der Waals surface area contributed by atoms with Gasteiger partial charge in [-0.25, -0.2) is 9.59 Å². The molecule has 0 spiro atoms. The monoisotopic (exact) mass is 253 g/mol. The molecule has 0 bridgehead atoms. The lowest BCUT2D eigenvalue weighted by Gasteiger charge is -2.10. The summed E-state index contributed by atoms with van der Waals surface area (Å²) in [7, 11) is 1.26. The van der Waals surface area contributed by atoms with Gasteiger partial charge in [-0.3, -0.25) is 0 Å². The van der Waals surface area contributed by atoms with E-state index in [2.05, 4.69) is 4.74 Å². The number of rotatable bonds is 5. The lowest BCUT2D eigenvalue weighted by atomic mass is 10.2. The predicted molar refractivity (Wildman–Crippen MR) is 64.3 cm³/mol. The van der Waals surface area contributed by atoms with Crippen molar-refractivity contribution in [3.63, 3.8) is 0 Å². The van der Waals surface area contributed by atoms with E-state index in [9.17, 15) is 9.59 Å². The van der Waals surface area contributed by atoms with Crippen molar-refractivity contribution >= 4 is 17.6 Å². The van der Waals surface area contributed by atoms with Crippen LogP contribution in [-0.4, -0.2) is 32.3 Å². The Bertz CT molecular complexity index is 444. The molecule has 0 radical (unpaired) electrons. The van der Waals surface area contributed by atoms with Crippen LogP contribution in [0.3, 0.4) is 0 Å². The second kappa shape index (κ2) is 6.48. The van der Waals surface area contributed by atoms with Gasteiger partial charge in [0.25, 0.3) is 0 Å². The van der Waals surface area contributed by atoms with E-state index < -0.39 is 11.9 Å². The largest absolute Gasteiger partial charge is 0.481 e.